The number of para-hydroxylation sites is 4. The van der Waals surface area contributed by atoms with Gasteiger partial charge in [0.15, 0.2) is 12.3 Å². The van der Waals surface area contributed by atoms with E-state index >= 15 is 0 Å². The maximum Gasteiger partial charge on any atom is 0.209 e. The smallest absolute Gasteiger partial charge is 0.209 e. The van der Waals surface area contributed by atoms with E-state index in [-0.39, 0.29) is 76.2 Å². The lowest BCUT2D eigenvalue weighted by Gasteiger charge is -2.27. The van der Waals surface area contributed by atoms with Crippen LogP contribution in [0.25, 0.3) is 0 Å². The molecule has 6 aliphatic rings. The van der Waals surface area contributed by atoms with Crippen LogP contribution in [-0.2, 0) is 21.7 Å². The highest BCUT2D eigenvalue weighted by molar-refractivity contribution is 6.32. The van der Waals surface area contributed by atoms with Crippen molar-refractivity contribution in [3.8, 4) is 0 Å². The maximum absolute atomic E-state index is 9.94. The second kappa shape index (κ2) is 38.4. The van der Waals surface area contributed by atoms with Crippen LogP contribution in [0.1, 0.15) is 223 Å². The Morgan fingerprint density at radius 3 is 1.20 bits per heavy atom. The van der Waals surface area contributed by atoms with Gasteiger partial charge in [0.05, 0.1) is 5.41 Å². The number of benzene rings is 4. The molecule has 10 heteroatoms. The molecular formula is C84H120ClI2N5O2. The zero-order chi connectivity index (χ0) is 67.4. The van der Waals surface area contributed by atoms with Gasteiger partial charge in [0.25, 0.3) is 0 Å². The maximum atomic E-state index is 9.94. The molecule has 2 N–H and O–H groups in total. The molecule has 0 bridgehead atoms. The first-order chi connectivity index (χ1) is 44.1. The van der Waals surface area contributed by atoms with Crippen molar-refractivity contribution < 1.29 is 67.3 Å². The molecule has 7 nitrogen and oxygen atoms in total. The molecule has 4 aliphatic heterocycles. The number of likely N-dealkylation sites (N-methyl/N-ethyl adjacent to an activating group) is 1. The van der Waals surface area contributed by atoms with Gasteiger partial charge in [0.2, 0.25) is 11.4 Å². The summed E-state index contributed by atoms with van der Waals surface area (Å²) in [6.45, 7) is 43.4. The molecule has 514 valence electrons. The second-order valence-electron chi connectivity index (χ2n) is 27.8. The van der Waals surface area contributed by atoms with Crippen molar-refractivity contribution >= 4 is 45.8 Å². The number of anilines is 3. The molecule has 94 heavy (non-hydrogen) atoms. The van der Waals surface area contributed by atoms with Crippen molar-refractivity contribution in [3.63, 3.8) is 0 Å². The lowest BCUT2D eigenvalue weighted by Crippen LogP contribution is -3.00. The van der Waals surface area contributed by atoms with E-state index in [4.69, 9.17) is 16.7 Å². The van der Waals surface area contributed by atoms with Crippen LogP contribution in [-0.4, -0.2) is 83.8 Å². The number of halogens is 3. The van der Waals surface area contributed by atoms with Crippen LogP contribution < -0.4 is 62.7 Å². The van der Waals surface area contributed by atoms with E-state index in [1.54, 1.807) is 0 Å². The summed E-state index contributed by atoms with van der Waals surface area (Å²) in [7, 11) is 2.14. The van der Waals surface area contributed by atoms with E-state index in [1.807, 2.05) is 6.92 Å². The standard InChI is InChI=1S/C39H52N3O.C36H44ClN2.C3H8O.2C3H8.2HI/c1-8-25-41-33-19-12-10-17-31(33)38(3,4)35(41)23-21-29-15-14-16-30(37(29)40(7)27-28-43)22-24-36-39(5,6)32-18-11-13-20-34(32)42(36)26-9-2;1-7-24-38-30-18-11-9-16-28(30)35(3,4)32(38)22-20-26-14-13-15-27(34(26)37)21-23-33-36(5,6)29-17-10-12-19-31(29)39(33)25-8-2;1-2-3-4;2*1-3-2;;/h10-13,17-24,43H,8-9,14-16,25-28H2,1-7H3;9-12,16-23H,7-8,13-15,24-25H2,1-6H3;4H,2-3H2,1H3;2*3H2,1-2H3;2*1H/q2*+1;;;;;/p-2. The Hall–Kier alpha value is -4.79. The topological polar surface area (TPSA) is 56.2 Å². The van der Waals surface area contributed by atoms with Gasteiger partial charge >= 0.3 is 0 Å². The number of aliphatic hydroxyl groups is 2. The average molecular weight is 1520 g/mol. The predicted octanol–water partition coefficient (Wildman–Crippen LogP) is 15.2. The molecule has 0 unspecified atom stereocenters. The summed E-state index contributed by atoms with van der Waals surface area (Å²) in [4.78, 5) is 7.55. The number of rotatable bonds is 16. The Morgan fingerprint density at radius 1 is 0.457 bits per heavy atom. The summed E-state index contributed by atoms with van der Waals surface area (Å²) in [6, 6.07) is 35.5. The highest BCUT2D eigenvalue weighted by Gasteiger charge is 2.45. The molecule has 4 heterocycles. The van der Waals surface area contributed by atoms with Crippen LogP contribution in [0, 0.1) is 0 Å². The highest BCUT2D eigenvalue weighted by atomic mass is 127. The van der Waals surface area contributed by atoms with Crippen LogP contribution in [0.15, 0.2) is 190 Å². The molecule has 0 spiro atoms. The quantitative estimate of drug-likeness (QED) is 0.0865. The largest absolute Gasteiger partial charge is 1.00 e. The van der Waals surface area contributed by atoms with Gasteiger partial charge in [-0.2, -0.15) is 4.58 Å². The Morgan fingerprint density at radius 2 is 0.819 bits per heavy atom. The first kappa shape index (κ1) is 81.6. The number of hydrogen-bond donors (Lipinski definition) is 2. The number of hydrogen-bond acceptors (Lipinski definition) is 5. The monoisotopic (exact) mass is 1520 g/mol. The Labute approximate surface area is 611 Å². The van der Waals surface area contributed by atoms with Crippen molar-refractivity contribution in [2.24, 2.45) is 0 Å². The van der Waals surface area contributed by atoms with Gasteiger partial charge in [0, 0.05) is 117 Å². The van der Waals surface area contributed by atoms with E-state index in [1.165, 1.54) is 109 Å². The highest BCUT2D eigenvalue weighted by Crippen LogP contribution is 2.51. The lowest BCUT2D eigenvalue weighted by atomic mass is 9.81. The Kier molecular flexibility index (Phi) is 33.3. The summed E-state index contributed by atoms with van der Waals surface area (Å²) in [6.07, 6.45) is 33.0. The Balaban J connectivity index is 0.000000345. The Bertz CT molecular complexity index is 3350. The van der Waals surface area contributed by atoms with Crippen LogP contribution in [0.4, 0.5) is 22.7 Å². The third-order valence-electron chi connectivity index (χ3n) is 18.8. The van der Waals surface area contributed by atoms with Gasteiger partial charge in [-0.3, -0.25) is 0 Å². The third-order valence-corrected chi connectivity index (χ3v) is 19.2. The van der Waals surface area contributed by atoms with Gasteiger partial charge in [-0.1, -0.05) is 225 Å². The van der Waals surface area contributed by atoms with E-state index in [9.17, 15) is 5.11 Å². The van der Waals surface area contributed by atoms with Gasteiger partial charge in [0.1, 0.15) is 20.2 Å². The minimum Gasteiger partial charge on any atom is -1.00 e. The average Bonchev–Trinajstić information content (AvgIpc) is 1.62. The fraction of sp³-hybridized carbons (Fsp3) is 0.500. The molecule has 1 saturated carbocycles. The molecule has 0 saturated heterocycles. The minimum atomic E-state index is -0.0520. The minimum absolute atomic E-state index is 0. The predicted molar refractivity (Wildman–Crippen MR) is 402 cm³/mol. The third kappa shape index (κ3) is 18.5. The summed E-state index contributed by atoms with van der Waals surface area (Å²) >= 11 is 7.13. The SMILES string of the molecule is CCC.CCC.CCCN1/C(=C/C=C2\CCCC(/C=C/C3=[N+](CCC)c4ccccc4C3(C)C)=C2Cl)C(C)(C)c2ccccc21.CCCN1C(=CC=C2CCC/C(=C\C=C3\N(CCC)c4ccccc4C3(C)C)C2=[N+](C)CCO)C(C)(C)c2ccccc21.CCCO.[I-].[I-]. The van der Waals surface area contributed by atoms with E-state index in [0.29, 0.717) is 13.2 Å². The summed E-state index contributed by atoms with van der Waals surface area (Å²) in [5, 5.41) is 18.7. The first-order valence-corrected chi connectivity index (χ1v) is 36.0. The van der Waals surface area contributed by atoms with Crippen LogP contribution >= 0.6 is 11.6 Å². The summed E-state index contributed by atoms with van der Waals surface area (Å²) < 4.78 is 4.77. The molecular weight excluding hydrogens is 1400 g/mol. The first-order valence-electron chi connectivity index (χ1n) is 35.6. The molecule has 4 aromatic carbocycles. The zero-order valence-corrected chi connectivity index (χ0v) is 66.3. The second-order valence-corrected chi connectivity index (χ2v) is 28.2. The van der Waals surface area contributed by atoms with E-state index in [2.05, 4.69) is 287 Å². The van der Waals surface area contributed by atoms with Crippen LogP contribution in [0.5, 0.6) is 0 Å². The van der Waals surface area contributed by atoms with Gasteiger partial charge in [-0.15, -0.1) is 0 Å². The van der Waals surface area contributed by atoms with Crippen molar-refractivity contribution in [2.45, 2.75) is 223 Å². The molecule has 0 amide bonds. The van der Waals surface area contributed by atoms with Crippen molar-refractivity contribution in [2.75, 3.05) is 67.7 Å². The van der Waals surface area contributed by atoms with Crippen molar-refractivity contribution in [1.82, 2.24) is 0 Å². The fourth-order valence-corrected chi connectivity index (χ4v) is 14.7. The van der Waals surface area contributed by atoms with Crippen LogP contribution in [0.3, 0.4) is 0 Å². The zero-order valence-electron chi connectivity index (χ0n) is 61.3. The van der Waals surface area contributed by atoms with Crippen molar-refractivity contribution in [1.29, 1.82) is 0 Å². The number of allylic oxidation sites excluding steroid dienone is 16. The molecule has 0 atom stereocenters. The molecule has 0 aromatic heterocycles. The molecule has 2 aliphatic carbocycles. The molecule has 1 fully saturated rings. The number of aliphatic hydroxyl groups excluding tert-OH is 2. The van der Waals surface area contributed by atoms with Crippen LogP contribution in [0.2, 0.25) is 0 Å². The molecule has 10 rings (SSSR count). The normalized spacial score (nSPS) is 20.8. The number of fused-ring (bicyclic) bond motifs is 4. The van der Waals surface area contributed by atoms with Crippen molar-refractivity contribution in [3.05, 3.63) is 212 Å². The summed E-state index contributed by atoms with van der Waals surface area (Å²) in [5.74, 6) is 0. The van der Waals surface area contributed by atoms with E-state index in [0.717, 1.165) is 102 Å². The molecule has 0 radical (unpaired) electrons. The lowest BCUT2D eigenvalue weighted by molar-refractivity contribution is -0.499. The van der Waals surface area contributed by atoms with Gasteiger partial charge in [-0.25, -0.2) is 4.58 Å². The van der Waals surface area contributed by atoms with Gasteiger partial charge in [-0.05, 0) is 142 Å². The van der Waals surface area contributed by atoms with E-state index < -0.39 is 0 Å². The summed E-state index contributed by atoms with van der Waals surface area (Å²) in [5.41, 5.74) is 22.8. The fourth-order valence-electron chi connectivity index (χ4n) is 14.3. The number of nitrogens with zero attached hydrogens (tertiary/aromatic N) is 5. The molecule has 4 aromatic rings. The van der Waals surface area contributed by atoms with Gasteiger partial charge < -0.3 is 72.9 Å².